The lowest BCUT2D eigenvalue weighted by molar-refractivity contribution is 0.299. The second-order valence-corrected chi connectivity index (χ2v) is 13.8. The number of thiophene rings is 2. The van der Waals surface area contributed by atoms with Gasteiger partial charge < -0.3 is 9.75 Å². The number of benzene rings is 2. The predicted octanol–water partition coefficient (Wildman–Crippen LogP) is 8.78. The van der Waals surface area contributed by atoms with Crippen LogP contribution < -0.4 is 15.2 Å². The van der Waals surface area contributed by atoms with E-state index < -0.39 is 0 Å². The Morgan fingerprint density at radius 3 is 2.19 bits per heavy atom. The van der Waals surface area contributed by atoms with E-state index in [2.05, 4.69) is 94.4 Å². The van der Waals surface area contributed by atoms with Gasteiger partial charge in [0, 0.05) is 26.1 Å². The normalized spacial score (nSPS) is 14.0. The van der Waals surface area contributed by atoms with Crippen molar-refractivity contribution in [2.24, 2.45) is 0 Å². The predicted molar refractivity (Wildman–Crippen MR) is 157 cm³/mol. The van der Waals surface area contributed by atoms with Crippen LogP contribution in [0.25, 0.3) is 20.9 Å². The van der Waals surface area contributed by atoms with Crippen molar-refractivity contribution in [1.82, 2.24) is 5.43 Å². The molecule has 0 bridgehead atoms. The molecule has 5 rings (SSSR count). The first kappa shape index (κ1) is 26.0. The number of hydrazine groups is 1. The molecule has 0 aliphatic carbocycles. The van der Waals surface area contributed by atoms with Crippen LogP contribution in [0.15, 0.2) is 60.7 Å². The van der Waals surface area contributed by atoms with Gasteiger partial charge in [-0.25, -0.2) is 9.82 Å². The molecule has 3 nitrogen and oxygen atoms in total. The highest BCUT2D eigenvalue weighted by Crippen LogP contribution is 2.40. The van der Waals surface area contributed by atoms with Crippen molar-refractivity contribution in [2.75, 3.05) is 18.2 Å². The minimum Gasteiger partial charge on any atom is -0.489 e. The molecule has 0 unspecified atom stereocenters. The third-order valence-electron chi connectivity index (χ3n) is 6.59. The molecule has 4 aromatic rings. The number of rotatable bonds is 5. The highest BCUT2D eigenvalue weighted by molar-refractivity contribution is 7.16. The highest BCUT2D eigenvalue weighted by Gasteiger charge is 2.22. The Kier molecular flexibility index (Phi) is 6.94. The fraction of sp³-hybridized carbons (Fsp3) is 0.355. The van der Waals surface area contributed by atoms with E-state index >= 15 is 0 Å². The summed E-state index contributed by atoms with van der Waals surface area (Å²) in [6.07, 6.45) is 0. The number of hydrogen-bond acceptors (Lipinski definition) is 5. The van der Waals surface area contributed by atoms with Crippen LogP contribution in [0.3, 0.4) is 0 Å². The lowest BCUT2D eigenvalue weighted by Gasteiger charge is -2.32. The van der Waals surface area contributed by atoms with Gasteiger partial charge in [0.25, 0.3) is 0 Å². The molecule has 1 N–H and O–H groups in total. The fourth-order valence-corrected chi connectivity index (χ4v) is 6.63. The zero-order valence-electron chi connectivity index (χ0n) is 22.4. The van der Waals surface area contributed by atoms with Crippen molar-refractivity contribution in [3.8, 4) is 26.6 Å². The van der Waals surface area contributed by atoms with Gasteiger partial charge in [-0.3, -0.25) is 0 Å². The largest absolute Gasteiger partial charge is 0.489 e. The number of anilines is 1. The van der Waals surface area contributed by atoms with Gasteiger partial charge in [-0.1, -0.05) is 53.7 Å². The summed E-state index contributed by atoms with van der Waals surface area (Å²) in [4.78, 5) is 5.11. The van der Waals surface area contributed by atoms with Crippen LogP contribution in [0, 0.1) is 5.82 Å². The maximum absolute atomic E-state index is 14.3. The van der Waals surface area contributed by atoms with Gasteiger partial charge in [-0.2, -0.15) is 0 Å². The minimum atomic E-state index is -0.217. The summed E-state index contributed by atoms with van der Waals surface area (Å²) < 4.78 is 20.3. The smallest absolute Gasteiger partial charge is 0.144 e. The minimum absolute atomic E-state index is 0.0924. The van der Waals surface area contributed by atoms with Gasteiger partial charge in [-0.05, 0) is 76.1 Å². The van der Waals surface area contributed by atoms with Crippen molar-refractivity contribution in [3.05, 3.63) is 81.8 Å². The van der Waals surface area contributed by atoms with Crippen molar-refractivity contribution in [2.45, 2.75) is 58.9 Å². The molecular weight excluding hydrogens is 499 g/mol. The molecule has 0 fully saturated rings. The van der Waals surface area contributed by atoms with E-state index in [0.29, 0.717) is 13.2 Å². The van der Waals surface area contributed by atoms with Crippen molar-refractivity contribution < 1.29 is 9.13 Å². The standard InChI is InChI=1S/C31H35FN2OS2/c1-30(2,3)28-13-11-26(36-28)20-7-10-24-25(18-20)35-16-15-34(24)33-19-21-17-22(32)8-9-23(21)27-12-14-29(37-27)31(4,5)6/h7-14,17-18,33H,15-16,19H2,1-6H3. The Morgan fingerprint density at radius 1 is 0.838 bits per heavy atom. The van der Waals surface area contributed by atoms with Crippen molar-refractivity contribution >= 4 is 28.4 Å². The molecule has 2 aromatic heterocycles. The molecule has 0 radical (unpaired) electrons. The maximum Gasteiger partial charge on any atom is 0.144 e. The van der Waals surface area contributed by atoms with Gasteiger partial charge >= 0.3 is 0 Å². The summed E-state index contributed by atoms with van der Waals surface area (Å²) in [5.41, 5.74) is 7.97. The number of fused-ring (bicyclic) bond motifs is 1. The van der Waals surface area contributed by atoms with E-state index in [1.807, 2.05) is 17.4 Å². The van der Waals surface area contributed by atoms with E-state index in [0.717, 1.165) is 29.1 Å². The van der Waals surface area contributed by atoms with Gasteiger partial charge in [0.05, 0.1) is 12.2 Å². The van der Waals surface area contributed by atoms with Crippen LogP contribution in [0.1, 0.15) is 56.9 Å². The molecule has 6 heteroatoms. The van der Waals surface area contributed by atoms with E-state index in [9.17, 15) is 4.39 Å². The van der Waals surface area contributed by atoms with Crippen molar-refractivity contribution in [1.29, 1.82) is 0 Å². The maximum atomic E-state index is 14.3. The third kappa shape index (κ3) is 5.62. The second kappa shape index (κ2) is 9.90. The van der Waals surface area contributed by atoms with Crippen molar-refractivity contribution in [3.63, 3.8) is 0 Å². The summed E-state index contributed by atoms with van der Waals surface area (Å²) in [6, 6.07) is 20.3. The molecule has 0 saturated heterocycles. The second-order valence-electron chi connectivity index (χ2n) is 11.6. The number of nitrogens with one attached hydrogen (secondary N) is 1. The topological polar surface area (TPSA) is 24.5 Å². The van der Waals surface area contributed by atoms with Gasteiger partial charge in [-0.15, -0.1) is 22.7 Å². The molecule has 2 aromatic carbocycles. The quantitative estimate of drug-likeness (QED) is 0.277. The van der Waals surface area contributed by atoms with Crippen LogP contribution in [0.5, 0.6) is 5.75 Å². The molecule has 0 saturated carbocycles. The summed E-state index contributed by atoms with van der Waals surface area (Å²) in [5, 5.41) is 2.13. The van der Waals surface area contributed by atoms with Crippen LogP contribution in [0.2, 0.25) is 0 Å². The van der Waals surface area contributed by atoms with E-state index in [4.69, 9.17) is 4.74 Å². The van der Waals surface area contributed by atoms with E-state index in [-0.39, 0.29) is 16.6 Å². The Labute approximate surface area is 227 Å². The first-order valence-corrected chi connectivity index (χ1v) is 14.4. The van der Waals surface area contributed by atoms with E-state index in [1.54, 1.807) is 23.5 Å². The SMILES string of the molecule is CC(C)(C)c1ccc(-c2ccc3c(c2)OCCN3NCc2cc(F)ccc2-c2ccc(C(C)(C)C)s2)s1. The zero-order chi connectivity index (χ0) is 26.4. The number of ether oxygens (including phenoxy) is 1. The molecular formula is C31H35FN2OS2. The first-order valence-electron chi connectivity index (χ1n) is 12.8. The first-order chi connectivity index (χ1) is 17.5. The molecule has 0 spiro atoms. The molecule has 1 aliphatic heterocycles. The third-order valence-corrected chi connectivity index (χ3v) is 9.70. The molecule has 37 heavy (non-hydrogen) atoms. The van der Waals surface area contributed by atoms with Gasteiger partial charge in [0.15, 0.2) is 0 Å². The van der Waals surface area contributed by atoms with Crippen LogP contribution in [-0.2, 0) is 17.4 Å². The lowest BCUT2D eigenvalue weighted by Crippen LogP contribution is -2.43. The highest BCUT2D eigenvalue weighted by atomic mass is 32.1. The Morgan fingerprint density at radius 2 is 1.51 bits per heavy atom. The summed E-state index contributed by atoms with van der Waals surface area (Å²) in [7, 11) is 0. The Bertz CT molecular complexity index is 1410. The molecule has 194 valence electrons. The zero-order valence-corrected chi connectivity index (χ0v) is 24.1. The molecule has 3 heterocycles. The van der Waals surface area contributed by atoms with Crippen LogP contribution in [0.4, 0.5) is 10.1 Å². The molecule has 0 atom stereocenters. The average molecular weight is 535 g/mol. The lowest BCUT2D eigenvalue weighted by atomic mass is 9.95. The molecule has 1 aliphatic rings. The van der Waals surface area contributed by atoms with E-state index in [1.165, 1.54) is 25.1 Å². The average Bonchev–Trinajstić information content (AvgIpc) is 3.53. The molecule has 0 amide bonds. The van der Waals surface area contributed by atoms with Crippen LogP contribution >= 0.6 is 22.7 Å². The van der Waals surface area contributed by atoms with Gasteiger partial charge in [0.1, 0.15) is 18.2 Å². The Balaban J connectivity index is 1.37. The fourth-order valence-electron chi connectivity index (χ4n) is 4.45. The number of halogens is 1. The summed E-state index contributed by atoms with van der Waals surface area (Å²) in [5.74, 6) is 0.653. The Hall–Kier alpha value is -2.67. The van der Waals surface area contributed by atoms with Crippen LogP contribution in [-0.4, -0.2) is 13.2 Å². The monoisotopic (exact) mass is 534 g/mol. The summed E-state index contributed by atoms with van der Waals surface area (Å²) >= 11 is 3.62. The number of hydrogen-bond donors (Lipinski definition) is 1. The van der Waals surface area contributed by atoms with Gasteiger partial charge in [0.2, 0.25) is 0 Å². The number of nitrogens with zero attached hydrogens (tertiary/aromatic N) is 1. The summed E-state index contributed by atoms with van der Waals surface area (Å²) in [6.45, 7) is 15.2.